The van der Waals surface area contributed by atoms with Crippen molar-refractivity contribution in [2.75, 3.05) is 26.7 Å². The number of benzene rings is 1. The van der Waals surface area contributed by atoms with E-state index in [0.717, 1.165) is 31.6 Å². The lowest BCUT2D eigenvalue weighted by Gasteiger charge is -2.32. The van der Waals surface area contributed by atoms with E-state index in [2.05, 4.69) is 17.3 Å². The normalized spacial score (nSPS) is 21.9. The highest BCUT2D eigenvalue weighted by atomic mass is 19.2. The summed E-state index contributed by atoms with van der Waals surface area (Å²) in [7, 11) is 2.11. The molecule has 1 aromatic carbocycles. The predicted molar refractivity (Wildman–Crippen MR) is 74.5 cm³/mol. The fraction of sp³-hybridized carbons (Fsp3) is 0.600. The maximum Gasteiger partial charge on any atom is 0.159 e. The third-order valence-electron chi connectivity index (χ3n) is 3.97. The van der Waals surface area contributed by atoms with Crippen LogP contribution >= 0.6 is 0 Å². The molecule has 20 heavy (non-hydrogen) atoms. The number of aliphatic hydroxyl groups excluding tert-OH is 1. The molecule has 3 nitrogen and oxygen atoms in total. The van der Waals surface area contributed by atoms with Crippen LogP contribution in [-0.4, -0.2) is 42.7 Å². The van der Waals surface area contributed by atoms with Gasteiger partial charge in [0.15, 0.2) is 11.6 Å². The van der Waals surface area contributed by atoms with Gasteiger partial charge in [0, 0.05) is 19.1 Å². The van der Waals surface area contributed by atoms with Gasteiger partial charge in [0.05, 0.1) is 6.10 Å². The van der Waals surface area contributed by atoms with E-state index in [-0.39, 0.29) is 0 Å². The minimum atomic E-state index is -0.923. The molecule has 0 saturated carbocycles. The zero-order valence-electron chi connectivity index (χ0n) is 11.8. The molecule has 1 aliphatic heterocycles. The maximum atomic E-state index is 13.1. The molecule has 112 valence electrons. The van der Waals surface area contributed by atoms with E-state index >= 15 is 0 Å². The molecular formula is C15H22F2N2O. The Bertz CT molecular complexity index is 442. The van der Waals surface area contributed by atoms with Crippen molar-refractivity contribution in [2.45, 2.75) is 31.4 Å². The van der Waals surface area contributed by atoms with Gasteiger partial charge in [-0.3, -0.25) is 0 Å². The molecule has 5 heteroatoms. The molecule has 0 aliphatic carbocycles. The number of halogens is 2. The van der Waals surface area contributed by atoms with Gasteiger partial charge in [0.25, 0.3) is 0 Å². The van der Waals surface area contributed by atoms with E-state index in [0.29, 0.717) is 18.2 Å². The van der Waals surface area contributed by atoms with E-state index in [4.69, 9.17) is 0 Å². The van der Waals surface area contributed by atoms with E-state index in [1.807, 2.05) is 0 Å². The minimum Gasteiger partial charge on any atom is -0.387 e. The van der Waals surface area contributed by atoms with Crippen LogP contribution in [0.5, 0.6) is 0 Å². The highest BCUT2D eigenvalue weighted by Gasteiger charge is 2.19. The molecule has 2 rings (SSSR count). The lowest BCUT2D eigenvalue weighted by Crippen LogP contribution is -2.43. The summed E-state index contributed by atoms with van der Waals surface area (Å²) in [6, 6.07) is 4.00. The Morgan fingerprint density at radius 3 is 2.85 bits per heavy atom. The van der Waals surface area contributed by atoms with Crippen LogP contribution in [0, 0.1) is 11.6 Å². The van der Waals surface area contributed by atoms with Crippen LogP contribution < -0.4 is 5.32 Å². The molecule has 1 heterocycles. The molecule has 0 aromatic heterocycles. The molecule has 1 fully saturated rings. The van der Waals surface area contributed by atoms with Gasteiger partial charge in [-0.1, -0.05) is 12.5 Å². The summed E-state index contributed by atoms with van der Waals surface area (Å²) in [6.45, 7) is 2.25. The molecule has 1 aromatic rings. The Morgan fingerprint density at radius 1 is 1.35 bits per heavy atom. The van der Waals surface area contributed by atoms with Crippen molar-refractivity contribution in [1.82, 2.24) is 10.2 Å². The molecule has 0 bridgehead atoms. The molecule has 2 unspecified atom stereocenters. The lowest BCUT2D eigenvalue weighted by molar-refractivity contribution is 0.153. The summed E-state index contributed by atoms with van der Waals surface area (Å²) < 4.78 is 25.9. The average molecular weight is 284 g/mol. The van der Waals surface area contributed by atoms with Gasteiger partial charge in [-0.05, 0) is 44.1 Å². The first-order valence-corrected chi connectivity index (χ1v) is 7.12. The van der Waals surface area contributed by atoms with Crippen LogP contribution in [-0.2, 0) is 0 Å². The van der Waals surface area contributed by atoms with Crippen LogP contribution in [0.25, 0.3) is 0 Å². The maximum absolute atomic E-state index is 13.1. The molecular weight excluding hydrogens is 262 g/mol. The lowest BCUT2D eigenvalue weighted by atomic mass is 10.0. The Labute approximate surface area is 118 Å². The van der Waals surface area contributed by atoms with Crippen molar-refractivity contribution in [3.63, 3.8) is 0 Å². The minimum absolute atomic E-state index is 0.343. The summed E-state index contributed by atoms with van der Waals surface area (Å²) in [6.07, 6.45) is 2.82. The van der Waals surface area contributed by atoms with Crippen molar-refractivity contribution in [3.8, 4) is 0 Å². The average Bonchev–Trinajstić information content (AvgIpc) is 2.44. The Balaban J connectivity index is 1.79. The zero-order chi connectivity index (χ0) is 14.5. The molecule has 0 spiro atoms. The SMILES string of the molecule is CN1CCCCC1CNCC(O)c1ccc(F)c(F)c1. The Hall–Kier alpha value is -1.04. The van der Waals surface area contributed by atoms with Gasteiger partial charge in [-0.25, -0.2) is 8.78 Å². The summed E-state index contributed by atoms with van der Waals surface area (Å²) in [4.78, 5) is 2.32. The fourth-order valence-corrected chi connectivity index (χ4v) is 2.63. The quantitative estimate of drug-likeness (QED) is 0.869. The van der Waals surface area contributed by atoms with Gasteiger partial charge in [0.1, 0.15) is 0 Å². The number of hydrogen-bond donors (Lipinski definition) is 2. The summed E-state index contributed by atoms with van der Waals surface area (Å²) in [5.74, 6) is -1.81. The van der Waals surface area contributed by atoms with Crippen molar-refractivity contribution in [1.29, 1.82) is 0 Å². The summed E-state index contributed by atoms with van der Waals surface area (Å²) >= 11 is 0. The number of rotatable bonds is 5. The van der Waals surface area contributed by atoms with Crippen molar-refractivity contribution in [2.24, 2.45) is 0 Å². The van der Waals surface area contributed by atoms with Crippen molar-refractivity contribution in [3.05, 3.63) is 35.4 Å². The van der Waals surface area contributed by atoms with Gasteiger partial charge in [0.2, 0.25) is 0 Å². The molecule has 1 aliphatic rings. The summed E-state index contributed by atoms with van der Waals surface area (Å²) in [5.41, 5.74) is 0.397. The molecule has 0 amide bonds. The number of hydrogen-bond acceptors (Lipinski definition) is 3. The van der Waals surface area contributed by atoms with Crippen LogP contribution in [0.1, 0.15) is 30.9 Å². The van der Waals surface area contributed by atoms with Gasteiger partial charge < -0.3 is 15.3 Å². The second kappa shape index (κ2) is 7.11. The highest BCUT2D eigenvalue weighted by Crippen LogP contribution is 2.17. The number of nitrogens with one attached hydrogen (secondary N) is 1. The van der Waals surface area contributed by atoms with Crippen LogP contribution in [0.3, 0.4) is 0 Å². The first kappa shape index (κ1) is 15.4. The standard InChI is InChI=1S/C15H22F2N2O/c1-19-7-3-2-4-12(19)9-18-10-15(20)11-5-6-13(16)14(17)8-11/h5-6,8,12,15,18,20H,2-4,7,9-10H2,1H3. The van der Waals surface area contributed by atoms with Gasteiger partial charge in [-0.15, -0.1) is 0 Å². The predicted octanol–water partition coefficient (Wildman–Crippen LogP) is 2.07. The topological polar surface area (TPSA) is 35.5 Å². The van der Waals surface area contributed by atoms with Crippen LogP contribution in [0.15, 0.2) is 18.2 Å². The third kappa shape index (κ3) is 3.98. The highest BCUT2D eigenvalue weighted by molar-refractivity contribution is 5.20. The number of likely N-dealkylation sites (N-methyl/N-ethyl adjacent to an activating group) is 1. The van der Waals surface area contributed by atoms with E-state index in [1.165, 1.54) is 18.9 Å². The van der Waals surface area contributed by atoms with Gasteiger partial charge >= 0.3 is 0 Å². The first-order valence-electron chi connectivity index (χ1n) is 7.12. The summed E-state index contributed by atoms with van der Waals surface area (Å²) in [5, 5.41) is 13.2. The van der Waals surface area contributed by atoms with E-state index < -0.39 is 17.7 Å². The second-order valence-corrected chi connectivity index (χ2v) is 5.48. The monoisotopic (exact) mass is 284 g/mol. The van der Waals surface area contributed by atoms with E-state index in [9.17, 15) is 13.9 Å². The van der Waals surface area contributed by atoms with Crippen molar-refractivity contribution < 1.29 is 13.9 Å². The molecule has 2 N–H and O–H groups in total. The Kier molecular flexibility index (Phi) is 5.46. The largest absolute Gasteiger partial charge is 0.387 e. The smallest absolute Gasteiger partial charge is 0.159 e. The number of aliphatic hydroxyl groups is 1. The zero-order valence-corrected chi connectivity index (χ0v) is 11.8. The van der Waals surface area contributed by atoms with E-state index in [1.54, 1.807) is 0 Å². The van der Waals surface area contributed by atoms with Crippen molar-refractivity contribution >= 4 is 0 Å². The molecule has 1 saturated heterocycles. The number of likely N-dealkylation sites (tertiary alicyclic amines) is 1. The van der Waals surface area contributed by atoms with Crippen LogP contribution in [0.2, 0.25) is 0 Å². The fourth-order valence-electron chi connectivity index (χ4n) is 2.63. The number of piperidine rings is 1. The Morgan fingerprint density at radius 2 is 2.15 bits per heavy atom. The second-order valence-electron chi connectivity index (χ2n) is 5.48. The molecule has 2 atom stereocenters. The third-order valence-corrected chi connectivity index (χ3v) is 3.97. The van der Waals surface area contributed by atoms with Gasteiger partial charge in [-0.2, -0.15) is 0 Å². The number of nitrogens with zero attached hydrogens (tertiary/aromatic N) is 1. The first-order chi connectivity index (χ1) is 9.58. The molecule has 0 radical (unpaired) electrons. The van der Waals surface area contributed by atoms with Crippen LogP contribution in [0.4, 0.5) is 8.78 Å².